The highest BCUT2D eigenvalue weighted by molar-refractivity contribution is 5.96. The summed E-state index contributed by atoms with van der Waals surface area (Å²) in [7, 11) is 3.31. The highest BCUT2D eigenvalue weighted by atomic mass is 16.6. The molecular weight excluding hydrogens is 748 g/mol. The number of esters is 9. The third-order valence-electron chi connectivity index (χ3n) is 4.83. The van der Waals surface area contributed by atoms with Crippen molar-refractivity contribution < 1.29 is 106 Å². The van der Waals surface area contributed by atoms with Gasteiger partial charge < -0.3 is 58.0 Å². The molecule has 0 saturated heterocycles. The number of ether oxygens (including phenoxy) is 9. The van der Waals surface area contributed by atoms with Gasteiger partial charge in [-0.05, 0) is 27.7 Å². The van der Waals surface area contributed by atoms with Crippen LogP contribution in [0.25, 0.3) is 0 Å². The van der Waals surface area contributed by atoms with Crippen LogP contribution in [0.1, 0.15) is 42.5 Å². The normalized spacial score (nSPS) is 12.0. The summed E-state index contributed by atoms with van der Waals surface area (Å²) in [5.74, 6) is -10.6. The predicted molar refractivity (Wildman–Crippen MR) is 183 cm³/mol. The van der Waals surface area contributed by atoms with Crippen molar-refractivity contribution in [3.8, 4) is 0 Å². The lowest BCUT2D eigenvalue weighted by Gasteiger charge is -2.23. The van der Waals surface area contributed by atoms with E-state index >= 15 is 0 Å². The number of aliphatic hydroxyl groups excluding tert-OH is 2. The van der Waals surface area contributed by atoms with Gasteiger partial charge in [0.2, 0.25) is 12.2 Å². The Morgan fingerprint density at radius 2 is 0.673 bits per heavy atom. The fourth-order valence-corrected chi connectivity index (χ4v) is 2.57. The van der Waals surface area contributed by atoms with E-state index in [0.29, 0.717) is 30.4 Å². The van der Waals surface area contributed by atoms with Crippen molar-refractivity contribution in [1.29, 1.82) is 0 Å². The van der Waals surface area contributed by atoms with Gasteiger partial charge in [0, 0.05) is 36.5 Å². The summed E-state index contributed by atoms with van der Waals surface area (Å²) >= 11 is 0. The number of carboxylic acids is 1. The molecule has 55 heavy (non-hydrogen) atoms. The van der Waals surface area contributed by atoms with E-state index in [1.807, 2.05) is 0 Å². The van der Waals surface area contributed by atoms with Gasteiger partial charge in [0.15, 0.2) is 12.2 Å². The number of hydrogen-bond donors (Lipinski definition) is 3. The van der Waals surface area contributed by atoms with Crippen molar-refractivity contribution in [2.75, 3.05) is 47.8 Å². The molecule has 0 fully saturated rings. The number of carboxylic acid groups (broad SMARTS) is 1. The number of carbonyl (C=O) groups is 10. The molecule has 314 valence electrons. The maximum Gasteiger partial charge on any atom is 0.352 e. The quantitative estimate of drug-likeness (QED) is 0.0877. The molecule has 0 aromatic rings. The molecule has 4 atom stereocenters. The Morgan fingerprint density at radius 3 is 0.909 bits per heavy atom. The van der Waals surface area contributed by atoms with Crippen LogP contribution in [0, 0.1) is 0 Å². The Labute approximate surface area is 316 Å². The van der Waals surface area contributed by atoms with Crippen LogP contribution in [0.3, 0.4) is 0 Å². The second kappa shape index (κ2) is 34.9. The van der Waals surface area contributed by atoms with E-state index in [2.05, 4.69) is 23.7 Å². The van der Waals surface area contributed by atoms with E-state index in [1.54, 1.807) is 13.8 Å². The van der Waals surface area contributed by atoms with Gasteiger partial charge in [0.25, 0.3) is 0 Å². The maximum atomic E-state index is 12.2. The van der Waals surface area contributed by atoms with Gasteiger partial charge >= 0.3 is 59.7 Å². The number of rotatable bonds is 18. The predicted octanol–water partition coefficient (Wildman–Crippen LogP) is -0.699. The second-order valence-corrected chi connectivity index (χ2v) is 8.52. The Balaban J connectivity index is -0.000000275. The number of carbonyl (C=O) groups excluding carboxylic acids is 9. The summed E-state index contributed by atoms with van der Waals surface area (Å²) in [6.45, 7) is 5.78. The number of aliphatic carboxylic acids is 1. The molecule has 0 aliphatic heterocycles. The summed E-state index contributed by atoms with van der Waals surface area (Å²) in [6, 6.07) is 0. The number of aliphatic hydroxyl groups is 2. The van der Waals surface area contributed by atoms with Crippen LogP contribution in [-0.4, -0.2) is 147 Å². The number of hydrogen-bond acceptors (Lipinski definition) is 21. The van der Waals surface area contributed by atoms with Crippen LogP contribution in [0.15, 0.2) is 36.5 Å². The number of methoxy groups -OCH3 is 3. The van der Waals surface area contributed by atoms with Crippen LogP contribution >= 0.6 is 0 Å². The van der Waals surface area contributed by atoms with Crippen LogP contribution in [0.2, 0.25) is 0 Å². The average molecular weight is 799 g/mol. The van der Waals surface area contributed by atoms with Crippen molar-refractivity contribution in [1.82, 2.24) is 0 Å². The van der Waals surface area contributed by atoms with E-state index in [9.17, 15) is 47.9 Å². The first-order valence-corrected chi connectivity index (χ1v) is 14.9. The van der Waals surface area contributed by atoms with Crippen LogP contribution in [0.5, 0.6) is 0 Å². The Kier molecular flexibility index (Phi) is 36.9. The third-order valence-corrected chi connectivity index (χ3v) is 4.83. The summed E-state index contributed by atoms with van der Waals surface area (Å²) < 4.78 is 40.7. The molecule has 22 nitrogen and oxygen atoms in total. The first kappa shape index (κ1) is 58.2. The van der Waals surface area contributed by atoms with E-state index in [4.69, 9.17) is 34.3 Å². The lowest BCUT2D eigenvalue weighted by atomic mass is 10.2. The standard InChI is InChI=1S/C18H22O12.C8H14O6.C5H6O4.2CH4/c1-5-27-17(23)15(29-13(21)9-7-11(19)25-3)16(18(24)28-6-2)30-14(22)10-8-12(20)26-4;1-3-13-7(11)5(9)6(10)8(12)14-4-2;1-9-5(8)3-2-4(6)7;;/h7-10,15-16H,5-6H2,1-4H3;5-6,9-10H,3-4H2,1-2H3;2-3H,1H3,(H,6,7);2*1H4/b9-7+,10-8+;;3-2+;;/t15-,16-;5-,6?;;;/m11.../s1. The molecular formula is C33H50O22. The Bertz CT molecular complexity index is 1250. The van der Waals surface area contributed by atoms with Crippen molar-refractivity contribution in [3.05, 3.63) is 36.5 Å². The van der Waals surface area contributed by atoms with Crippen molar-refractivity contribution in [2.45, 2.75) is 67.0 Å². The zero-order valence-corrected chi connectivity index (χ0v) is 29.7. The summed E-state index contributed by atoms with van der Waals surface area (Å²) in [4.78, 5) is 112. The molecule has 0 spiro atoms. The summed E-state index contributed by atoms with van der Waals surface area (Å²) in [5, 5.41) is 26.1. The summed E-state index contributed by atoms with van der Waals surface area (Å²) in [6.07, 6.45) is -3.71. The molecule has 0 heterocycles. The van der Waals surface area contributed by atoms with Gasteiger partial charge in [-0.3, -0.25) is 0 Å². The molecule has 0 rings (SSSR count). The fraction of sp³-hybridized carbons (Fsp3) is 0.515. The molecule has 0 aromatic carbocycles. The SMILES string of the molecule is C.C.CCOC(=O)C(O)[C@@H](O)C(=O)OCC.CCOC(=O)[C@H](OC(=O)/C=C/C(=O)OC)[C@@H](OC(=O)/C=C/C(=O)OC)C(=O)OCC.COC(=O)/C=C/C(=O)O. The molecule has 1 unspecified atom stereocenters. The smallest absolute Gasteiger partial charge is 0.352 e. The topological polar surface area (TPSA) is 314 Å². The third kappa shape index (κ3) is 29.0. The molecule has 3 N–H and O–H groups in total. The highest BCUT2D eigenvalue weighted by Gasteiger charge is 2.42. The average Bonchev–Trinajstić information content (AvgIpc) is 3.13. The van der Waals surface area contributed by atoms with Crippen molar-refractivity contribution in [3.63, 3.8) is 0 Å². The zero-order valence-electron chi connectivity index (χ0n) is 29.7. The molecule has 0 aliphatic rings. The van der Waals surface area contributed by atoms with Gasteiger partial charge in [0.05, 0.1) is 47.8 Å². The van der Waals surface area contributed by atoms with Gasteiger partial charge in [0.1, 0.15) is 0 Å². The largest absolute Gasteiger partial charge is 0.478 e. The van der Waals surface area contributed by atoms with Gasteiger partial charge in [-0.25, -0.2) is 47.9 Å². The Hall–Kier alpha value is -6.16. The molecule has 22 heteroatoms. The first-order valence-electron chi connectivity index (χ1n) is 14.9. The minimum absolute atomic E-state index is 0. The van der Waals surface area contributed by atoms with E-state index in [1.165, 1.54) is 21.0 Å². The second-order valence-electron chi connectivity index (χ2n) is 8.52. The van der Waals surface area contributed by atoms with E-state index in [0.717, 1.165) is 20.3 Å². The molecule has 0 aromatic heterocycles. The molecule has 0 radical (unpaired) electrons. The lowest BCUT2D eigenvalue weighted by molar-refractivity contribution is -0.188. The molecule has 0 aliphatic carbocycles. The van der Waals surface area contributed by atoms with E-state index in [-0.39, 0.29) is 41.3 Å². The van der Waals surface area contributed by atoms with Crippen LogP contribution in [0.4, 0.5) is 0 Å². The van der Waals surface area contributed by atoms with Crippen molar-refractivity contribution >= 4 is 59.7 Å². The minimum atomic E-state index is -2.06. The lowest BCUT2D eigenvalue weighted by Crippen LogP contribution is -2.47. The van der Waals surface area contributed by atoms with E-state index < -0.39 is 84.1 Å². The van der Waals surface area contributed by atoms with Crippen molar-refractivity contribution in [2.24, 2.45) is 0 Å². The maximum absolute atomic E-state index is 12.2. The van der Waals surface area contributed by atoms with Crippen LogP contribution in [-0.2, 0) is 90.6 Å². The van der Waals surface area contributed by atoms with Gasteiger partial charge in [-0.15, -0.1) is 0 Å². The highest BCUT2D eigenvalue weighted by Crippen LogP contribution is 2.12. The molecule has 0 amide bonds. The fourth-order valence-electron chi connectivity index (χ4n) is 2.57. The monoisotopic (exact) mass is 798 g/mol. The van der Waals surface area contributed by atoms with Gasteiger partial charge in [-0.2, -0.15) is 0 Å². The zero-order chi connectivity index (χ0) is 41.5. The summed E-state index contributed by atoms with van der Waals surface area (Å²) in [5.41, 5.74) is 0. The minimum Gasteiger partial charge on any atom is -0.478 e. The molecule has 0 saturated carbocycles. The first-order chi connectivity index (χ1) is 24.9. The Morgan fingerprint density at radius 1 is 0.436 bits per heavy atom. The van der Waals surface area contributed by atoms with Crippen LogP contribution < -0.4 is 0 Å². The molecule has 0 bridgehead atoms. The van der Waals surface area contributed by atoms with Gasteiger partial charge in [-0.1, -0.05) is 14.9 Å².